The normalized spacial score (nSPS) is 16.3. The fourth-order valence-corrected chi connectivity index (χ4v) is 2.15. The van der Waals surface area contributed by atoms with E-state index < -0.39 is 5.60 Å². The van der Waals surface area contributed by atoms with Crippen molar-refractivity contribution in [3.63, 3.8) is 0 Å². The first-order valence-corrected chi connectivity index (χ1v) is 7.06. The summed E-state index contributed by atoms with van der Waals surface area (Å²) in [5, 5.41) is 12.9. The van der Waals surface area contributed by atoms with Gasteiger partial charge in [-0.15, -0.1) is 0 Å². The number of anilines is 1. The number of aliphatic hydroxyl groups is 1. The molecular weight excluding hydrogens is 259 g/mol. The Morgan fingerprint density at radius 3 is 2.70 bits per heavy atom. The number of nitrogens with one attached hydrogen (secondary N) is 1. The number of hydrogen-bond donors (Lipinski definition) is 2. The van der Waals surface area contributed by atoms with Crippen LogP contribution in [0.5, 0.6) is 5.75 Å². The standard InChI is InChI=1S/C15H23FN2O2/c1-15(2,19)5-10-20-12-3-4-13(16)14(11-12)18-8-6-17-7-9-18/h3-4,11,17,19H,5-10H2,1-2H3. The van der Waals surface area contributed by atoms with Crippen molar-refractivity contribution in [2.75, 3.05) is 37.7 Å². The summed E-state index contributed by atoms with van der Waals surface area (Å²) in [6.07, 6.45) is 0.535. The van der Waals surface area contributed by atoms with Crippen molar-refractivity contribution in [1.29, 1.82) is 0 Å². The van der Waals surface area contributed by atoms with Crippen molar-refractivity contribution in [1.82, 2.24) is 5.32 Å². The van der Waals surface area contributed by atoms with Crippen LogP contribution in [0, 0.1) is 5.82 Å². The van der Waals surface area contributed by atoms with Gasteiger partial charge in [-0.3, -0.25) is 0 Å². The average molecular weight is 282 g/mol. The second-order valence-corrected chi connectivity index (χ2v) is 5.76. The zero-order valence-electron chi connectivity index (χ0n) is 12.2. The van der Waals surface area contributed by atoms with E-state index in [1.54, 1.807) is 26.0 Å². The van der Waals surface area contributed by atoms with E-state index in [0.717, 1.165) is 26.2 Å². The molecule has 0 amide bonds. The quantitative estimate of drug-likeness (QED) is 0.864. The lowest BCUT2D eigenvalue weighted by Crippen LogP contribution is -2.43. The van der Waals surface area contributed by atoms with Crippen LogP contribution in [0.15, 0.2) is 18.2 Å². The predicted molar refractivity (Wildman–Crippen MR) is 77.9 cm³/mol. The fraction of sp³-hybridized carbons (Fsp3) is 0.600. The number of benzene rings is 1. The van der Waals surface area contributed by atoms with Gasteiger partial charge in [-0.05, 0) is 26.0 Å². The van der Waals surface area contributed by atoms with E-state index in [0.29, 0.717) is 24.5 Å². The average Bonchev–Trinajstić information content (AvgIpc) is 2.40. The van der Waals surface area contributed by atoms with E-state index >= 15 is 0 Å². The Bertz CT molecular complexity index is 440. The summed E-state index contributed by atoms with van der Waals surface area (Å²) < 4.78 is 19.5. The number of piperazine rings is 1. The number of rotatable bonds is 5. The van der Waals surface area contributed by atoms with Gasteiger partial charge in [0.2, 0.25) is 0 Å². The number of nitrogens with zero attached hydrogens (tertiary/aromatic N) is 1. The van der Waals surface area contributed by atoms with Crippen molar-refractivity contribution in [3.05, 3.63) is 24.0 Å². The summed E-state index contributed by atoms with van der Waals surface area (Å²) in [6, 6.07) is 4.81. The third-order valence-electron chi connectivity index (χ3n) is 3.36. The van der Waals surface area contributed by atoms with Crippen LogP contribution in [0.3, 0.4) is 0 Å². The topological polar surface area (TPSA) is 44.7 Å². The molecule has 2 N–H and O–H groups in total. The molecule has 0 atom stereocenters. The van der Waals surface area contributed by atoms with E-state index in [1.165, 1.54) is 6.07 Å². The summed E-state index contributed by atoms with van der Waals surface area (Å²) in [5.41, 5.74) is -0.159. The van der Waals surface area contributed by atoms with Gasteiger partial charge < -0.3 is 20.1 Å². The Hall–Kier alpha value is -1.33. The third kappa shape index (κ3) is 4.35. The molecule has 0 aromatic heterocycles. The van der Waals surface area contributed by atoms with Crippen LogP contribution in [0.2, 0.25) is 0 Å². The maximum absolute atomic E-state index is 13.9. The highest BCUT2D eigenvalue weighted by Crippen LogP contribution is 2.25. The lowest BCUT2D eigenvalue weighted by Gasteiger charge is -2.30. The van der Waals surface area contributed by atoms with E-state index in [9.17, 15) is 9.50 Å². The molecule has 0 unspecified atom stereocenters. The highest BCUT2D eigenvalue weighted by atomic mass is 19.1. The minimum absolute atomic E-state index is 0.221. The molecule has 0 bridgehead atoms. The summed E-state index contributed by atoms with van der Waals surface area (Å²) in [7, 11) is 0. The second kappa shape index (κ2) is 6.41. The molecule has 1 heterocycles. The van der Waals surface area contributed by atoms with Crippen LogP contribution >= 0.6 is 0 Å². The van der Waals surface area contributed by atoms with Crippen LogP contribution in [0.1, 0.15) is 20.3 Å². The first-order chi connectivity index (χ1) is 9.46. The van der Waals surface area contributed by atoms with Gasteiger partial charge in [-0.25, -0.2) is 4.39 Å². The SMILES string of the molecule is CC(C)(O)CCOc1ccc(F)c(N2CCNCC2)c1. The molecule has 20 heavy (non-hydrogen) atoms. The molecule has 2 rings (SSSR count). The first-order valence-electron chi connectivity index (χ1n) is 7.06. The zero-order valence-corrected chi connectivity index (χ0v) is 12.2. The van der Waals surface area contributed by atoms with Gasteiger partial charge in [0, 0.05) is 38.7 Å². The smallest absolute Gasteiger partial charge is 0.146 e. The predicted octanol–water partition coefficient (Wildman–Crippen LogP) is 1.78. The molecular formula is C15H23FN2O2. The summed E-state index contributed by atoms with van der Waals surface area (Å²) in [6.45, 7) is 7.22. The molecule has 1 fully saturated rings. The van der Waals surface area contributed by atoms with Crippen molar-refractivity contribution in [2.45, 2.75) is 25.9 Å². The van der Waals surface area contributed by atoms with Gasteiger partial charge in [0.25, 0.3) is 0 Å². The van der Waals surface area contributed by atoms with Gasteiger partial charge in [0.15, 0.2) is 0 Å². The van der Waals surface area contributed by atoms with Gasteiger partial charge in [-0.2, -0.15) is 0 Å². The van der Waals surface area contributed by atoms with E-state index in [-0.39, 0.29) is 5.82 Å². The first kappa shape index (κ1) is 15.1. The monoisotopic (exact) mass is 282 g/mol. The Kier molecular flexibility index (Phi) is 4.83. The van der Waals surface area contributed by atoms with Crippen molar-refractivity contribution >= 4 is 5.69 Å². The van der Waals surface area contributed by atoms with E-state index in [2.05, 4.69) is 5.32 Å². The Morgan fingerprint density at radius 2 is 2.05 bits per heavy atom. The van der Waals surface area contributed by atoms with Crippen molar-refractivity contribution in [3.8, 4) is 5.75 Å². The molecule has 1 saturated heterocycles. The number of halogens is 1. The molecule has 1 aromatic rings. The molecule has 5 heteroatoms. The Labute approximate surface area is 119 Å². The molecule has 0 saturated carbocycles. The van der Waals surface area contributed by atoms with E-state index in [1.807, 2.05) is 4.90 Å². The zero-order chi connectivity index (χ0) is 14.6. The van der Waals surface area contributed by atoms with E-state index in [4.69, 9.17) is 4.74 Å². The maximum atomic E-state index is 13.9. The second-order valence-electron chi connectivity index (χ2n) is 5.76. The van der Waals surface area contributed by atoms with Gasteiger partial charge >= 0.3 is 0 Å². The molecule has 1 aliphatic rings. The number of hydrogen-bond acceptors (Lipinski definition) is 4. The van der Waals surface area contributed by atoms with Crippen LogP contribution in [-0.2, 0) is 0 Å². The van der Waals surface area contributed by atoms with Crippen LogP contribution in [0.4, 0.5) is 10.1 Å². The summed E-state index contributed by atoms with van der Waals surface area (Å²) >= 11 is 0. The minimum atomic E-state index is -0.749. The van der Waals surface area contributed by atoms with Gasteiger partial charge in [-0.1, -0.05) is 0 Å². The minimum Gasteiger partial charge on any atom is -0.493 e. The van der Waals surface area contributed by atoms with Gasteiger partial charge in [0.05, 0.1) is 17.9 Å². The highest BCUT2D eigenvalue weighted by molar-refractivity contribution is 5.52. The molecule has 112 valence electrons. The molecule has 4 nitrogen and oxygen atoms in total. The molecule has 1 aliphatic heterocycles. The van der Waals surface area contributed by atoms with Crippen molar-refractivity contribution < 1.29 is 14.2 Å². The fourth-order valence-electron chi connectivity index (χ4n) is 2.15. The lowest BCUT2D eigenvalue weighted by atomic mass is 10.1. The lowest BCUT2D eigenvalue weighted by molar-refractivity contribution is 0.0553. The van der Waals surface area contributed by atoms with Gasteiger partial charge in [0.1, 0.15) is 11.6 Å². The molecule has 0 aliphatic carbocycles. The van der Waals surface area contributed by atoms with Crippen LogP contribution in [0.25, 0.3) is 0 Å². The van der Waals surface area contributed by atoms with Crippen LogP contribution < -0.4 is 15.0 Å². The van der Waals surface area contributed by atoms with Crippen LogP contribution in [-0.4, -0.2) is 43.5 Å². The molecule has 0 spiro atoms. The maximum Gasteiger partial charge on any atom is 0.146 e. The summed E-state index contributed by atoms with van der Waals surface area (Å²) in [5.74, 6) is 0.422. The third-order valence-corrected chi connectivity index (χ3v) is 3.36. The molecule has 1 aromatic carbocycles. The largest absolute Gasteiger partial charge is 0.493 e. The number of ether oxygens (including phenoxy) is 1. The van der Waals surface area contributed by atoms with Crippen molar-refractivity contribution in [2.24, 2.45) is 0 Å². The summed E-state index contributed by atoms with van der Waals surface area (Å²) in [4.78, 5) is 2.02. The highest BCUT2D eigenvalue weighted by Gasteiger charge is 2.16. The Balaban J connectivity index is 2.00. The molecule has 0 radical (unpaired) electrons. The Morgan fingerprint density at radius 1 is 1.35 bits per heavy atom.